The van der Waals surface area contributed by atoms with E-state index in [0.717, 1.165) is 0 Å². The summed E-state index contributed by atoms with van der Waals surface area (Å²) in [5, 5.41) is 2.61. The van der Waals surface area contributed by atoms with E-state index in [2.05, 4.69) is 11.9 Å². The molecule has 6 heteroatoms. The molecule has 2 unspecified atom stereocenters. The van der Waals surface area contributed by atoms with Crippen molar-refractivity contribution >= 4 is 17.6 Å². The first-order valence-electron chi connectivity index (χ1n) is 7.76. The number of hydrogen-bond acceptors (Lipinski definition) is 4. The minimum Gasteiger partial charge on any atom is -0.450 e. The van der Waals surface area contributed by atoms with Crippen LogP contribution in [0.3, 0.4) is 0 Å². The van der Waals surface area contributed by atoms with Gasteiger partial charge in [-0.3, -0.25) is 4.79 Å². The topological polar surface area (TPSA) is 64.6 Å². The molecule has 0 saturated carbocycles. The number of ether oxygens (including phenoxy) is 2. The van der Waals surface area contributed by atoms with Crippen LogP contribution < -0.4 is 5.32 Å². The monoisotopic (exact) mass is 337 g/mol. The fourth-order valence-corrected chi connectivity index (χ4v) is 1.93. The highest BCUT2D eigenvalue weighted by molar-refractivity contribution is 5.96. The Morgan fingerprint density at radius 2 is 2.00 bits per heavy atom. The van der Waals surface area contributed by atoms with Crippen LogP contribution in [-0.2, 0) is 19.1 Å². The summed E-state index contributed by atoms with van der Waals surface area (Å²) in [6.45, 7) is 10.5. The van der Waals surface area contributed by atoms with E-state index in [0.29, 0.717) is 11.3 Å². The molecule has 0 radical (unpaired) electrons. The zero-order valence-electron chi connectivity index (χ0n) is 14.5. The molecule has 0 aliphatic carbocycles. The molecule has 24 heavy (non-hydrogen) atoms. The van der Waals surface area contributed by atoms with Crippen LogP contribution in [0.4, 0.5) is 10.1 Å². The van der Waals surface area contributed by atoms with Gasteiger partial charge in [0.2, 0.25) is 0 Å². The summed E-state index contributed by atoms with van der Waals surface area (Å²) in [5.74, 6) is -1.86. The molecule has 1 rings (SSSR count). The molecular formula is C18H24FNO4. The van der Waals surface area contributed by atoms with Crippen LogP contribution in [-0.4, -0.2) is 30.7 Å². The lowest BCUT2D eigenvalue weighted by Crippen LogP contribution is -2.39. The molecule has 0 saturated heterocycles. The third kappa shape index (κ3) is 5.77. The molecule has 0 fully saturated rings. The molecule has 1 amide bonds. The second kappa shape index (κ2) is 9.17. The molecule has 0 aliphatic heterocycles. The van der Waals surface area contributed by atoms with E-state index in [1.165, 1.54) is 25.1 Å². The summed E-state index contributed by atoms with van der Waals surface area (Å²) in [4.78, 5) is 24.4. The number of halogens is 1. The van der Waals surface area contributed by atoms with E-state index >= 15 is 0 Å². The van der Waals surface area contributed by atoms with Gasteiger partial charge in [0.15, 0.2) is 12.2 Å². The van der Waals surface area contributed by atoms with Crippen molar-refractivity contribution in [1.29, 1.82) is 0 Å². The Kier molecular flexibility index (Phi) is 7.58. The van der Waals surface area contributed by atoms with Gasteiger partial charge >= 0.3 is 5.97 Å². The van der Waals surface area contributed by atoms with E-state index in [9.17, 15) is 14.0 Å². The van der Waals surface area contributed by atoms with Gasteiger partial charge in [-0.25, -0.2) is 9.18 Å². The molecule has 1 N–H and O–H groups in total. The number of carbonyl (C=O) groups is 2. The molecule has 0 spiro atoms. The summed E-state index contributed by atoms with van der Waals surface area (Å²) in [6, 6.07) is 4.10. The molecule has 0 aliphatic rings. The number of carbonyl (C=O) groups excluding carboxylic acids is 2. The largest absolute Gasteiger partial charge is 0.450 e. The standard InChI is InChI=1S/C18H24FNO4/c1-6-9-23-13(5)18(22)24-16(11(2)3)17(21)20-15-10-14(19)8-7-12(15)4/h6-8,10-11,13,16H,1,9H2,2-5H3,(H,20,21). The number of aryl methyl sites for hydroxylation is 1. The van der Waals surface area contributed by atoms with Crippen molar-refractivity contribution in [1.82, 2.24) is 0 Å². The van der Waals surface area contributed by atoms with Gasteiger partial charge in [0.1, 0.15) is 5.82 Å². The van der Waals surface area contributed by atoms with Crippen molar-refractivity contribution in [2.75, 3.05) is 11.9 Å². The van der Waals surface area contributed by atoms with Crippen molar-refractivity contribution in [2.24, 2.45) is 5.92 Å². The lowest BCUT2D eigenvalue weighted by atomic mass is 10.1. The number of benzene rings is 1. The minimum absolute atomic E-state index is 0.206. The molecule has 1 aromatic rings. The highest BCUT2D eigenvalue weighted by atomic mass is 19.1. The van der Waals surface area contributed by atoms with Gasteiger partial charge in [-0.05, 0) is 37.5 Å². The predicted molar refractivity (Wildman–Crippen MR) is 90.1 cm³/mol. The van der Waals surface area contributed by atoms with Gasteiger partial charge in [0, 0.05) is 5.69 Å². The van der Waals surface area contributed by atoms with Gasteiger partial charge in [-0.1, -0.05) is 26.0 Å². The maximum atomic E-state index is 13.3. The van der Waals surface area contributed by atoms with E-state index in [1.807, 2.05) is 0 Å². The van der Waals surface area contributed by atoms with Crippen LogP contribution in [0.1, 0.15) is 26.3 Å². The smallest absolute Gasteiger partial charge is 0.335 e. The predicted octanol–water partition coefficient (Wildman–Crippen LogP) is 3.23. The summed E-state index contributed by atoms with van der Waals surface area (Å²) in [7, 11) is 0. The van der Waals surface area contributed by atoms with Crippen LogP contribution in [0.2, 0.25) is 0 Å². The summed E-state index contributed by atoms with van der Waals surface area (Å²) >= 11 is 0. The number of amides is 1. The SMILES string of the molecule is C=CCOC(C)C(=O)OC(C(=O)Nc1cc(F)ccc1C)C(C)C. The van der Waals surface area contributed by atoms with E-state index in [-0.39, 0.29) is 12.5 Å². The average Bonchev–Trinajstić information content (AvgIpc) is 2.52. The van der Waals surface area contributed by atoms with Crippen molar-refractivity contribution in [3.8, 4) is 0 Å². The molecule has 0 heterocycles. The first-order chi connectivity index (χ1) is 11.3. The maximum Gasteiger partial charge on any atom is 0.335 e. The number of esters is 1. The fourth-order valence-electron chi connectivity index (χ4n) is 1.93. The maximum absolute atomic E-state index is 13.3. The zero-order valence-corrected chi connectivity index (χ0v) is 14.5. The Bertz CT molecular complexity index is 601. The first-order valence-corrected chi connectivity index (χ1v) is 7.76. The highest BCUT2D eigenvalue weighted by Crippen LogP contribution is 2.18. The van der Waals surface area contributed by atoms with Crippen molar-refractivity contribution in [2.45, 2.75) is 39.9 Å². The van der Waals surface area contributed by atoms with Crippen molar-refractivity contribution in [3.05, 3.63) is 42.2 Å². The van der Waals surface area contributed by atoms with E-state index < -0.39 is 29.9 Å². The molecule has 5 nitrogen and oxygen atoms in total. The van der Waals surface area contributed by atoms with Crippen molar-refractivity contribution < 1.29 is 23.5 Å². The minimum atomic E-state index is -1.00. The van der Waals surface area contributed by atoms with Crippen LogP contribution in [0.15, 0.2) is 30.9 Å². The average molecular weight is 337 g/mol. The Morgan fingerprint density at radius 1 is 1.33 bits per heavy atom. The van der Waals surface area contributed by atoms with Gasteiger partial charge < -0.3 is 14.8 Å². The summed E-state index contributed by atoms with van der Waals surface area (Å²) in [6.07, 6.45) is -0.300. The number of rotatable bonds is 8. The van der Waals surface area contributed by atoms with Crippen LogP contribution in [0, 0.1) is 18.7 Å². The highest BCUT2D eigenvalue weighted by Gasteiger charge is 2.29. The van der Waals surface area contributed by atoms with Gasteiger partial charge in [-0.2, -0.15) is 0 Å². The summed E-state index contributed by atoms with van der Waals surface area (Å²) in [5.41, 5.74) is 1.05. The molecule has 0 bridgehead atoms. The van der Waals surface area contributed by atoms with E-state index in [4.69, 9.17) is 9.47 Å². The molecule has 1 aromatic carbocycles. The Balaban J connectivity index is 2.80. The molecule has 132 valence electrons. The number of nitrogens with one attached hydrogen (secondary N) is 1. The summed E-state index contributed by atoms with van der Waals surface area (Å²) < 4.78 is 23.8. The number of hydrogen-bond donors (Lipinski definition) is 1. The Hall–Kier alpha value is -2.21. The molecule has 0 aromatic heterocycles. The lowest BCUT2D eigenvalue weighted by molar-refractivity contribution is -0.166. The normalized spacial score (nSPS) is 13.2. The van der Waals surface area contributed by atoms with Gasteiger partial charge in [0.05, 0.1) is 6.61 Å². The van der Waals surface area contributed by atoms with Gasteiger partial charge in [-0.15, -0.1) is 6.58 Å². The first kappa shape index (κ1) is 19.8. The zero-order chi connectivity index (χ0) is 18.3. The second-order valence-corrected chi connectivity index (χ2v) is 5.81. The lowest BCUT2D eigenvalue weighted by Gasteiger charge is -2.23. The molecule has 2 atom stereocenters. The second-order valence-electron chi connectivity index (χ2n) is 5.81. The van der Waals surface area contributed by atoms with Crippen LogP contribution in [0.25, 0.3) is 0 Å². The number of anilines is 1. The van der Waals surface area contributed by atoms with Crippen LogP contribution >= 0.6 is 0 Å². The van der Waals surface area contributed by atoms with Gasteiger partial charge in [0.25, 0.3) is 5.91 Å². The molecular weight excluding hydrogens is 313 g/mol. The Labute approximate surface area is 141 Å². The third-order valence-electron chi connectivity index (χ3n) is 3.36. The quantitative estimate of drug-likeness (QED) is 0.584. The Morgan fingerprint density at radius 3 is 2.58 bits per heavy atom. The third-order valence-corrected chi connectivity index (χ3v) is 3.36. The fraction of sp³-hybridized carbons (Fsp3) is 0.444. The van der Waals surface area contributed by atoms with Crippen LogP contribution in [0.5, 0.6) is 0 Å². The van der Waals surface area contributed by atoms with Crippen molar-refractivity contribution in [3.63, 3.8) is 0 Å². The van der Waals surface area contributed by atoms with E-state index in [1.54, 1.807) is 26.8 Å².